The molecule has 0 unspecified atom stereocenters. The Morgan fingerprint density at radius 3 is 2.75 bits per heavy atom. The van der Waals surface area contributed by atoms with E-state index >= 15 is 0 Å². The first-order chi connectivity index (χ1) is 7.58. The first-order valence-corrected chi connectivity index (χ1v) is 5.14. The van der Waals surface area contributed by atoms with Gasteiger partial charge in [-0.15, -0.1) is 0 Å². The van der Waals surface area contributed by atoms with Crippen LogP contribution in [0, 0.1) is 5.82 Å². The Bertz CT molecular complexity index is 353. The Kier molecular flexibility index (Phi) is 5.01. The van der Waals surface area contributed by atoms with E-state index < -0.39 is 6.03 Å². The number of halogens is 2. The van der Waals surface area contributed by atoms with Crippen LogP contribution >= 0.6 is 11.6 Å². The average molecular weight is 246 g/mol. The molecule has 1 aromatic carbocycles. The molecule has 0 atom stereocenters. The van der Waals surface area contributed by atoms with Gasteiger partial charge in [-0.25, -0.2) is 9.18 Å². The number of hydrogen-bond donors (Lipinski definition) is 3. The van der Waals surface area contributed by atoms with Crippen molar-refractivity contribution < 1.29 is 9.18 Å². The minimum Gasteiger partial charge on any atom is -0.352 e. The molecule has 0 aliphatic carbocycles. The number of benzene rings is 1. The largest absolute Gasteiger partial charge is 0.352 e. The van der Waals surface area contributed by atoms with Crippen molar-refractivity contribution in [2.24, 2.45) is 5.73 Å². The zero-order valence-corrected chi connectivity index (χ0v) is 9.35. The number of carbonyl (C=O) groups is 1. The zero-order valence-electron chi connectivity index (χ0n) is 8.59. The standard InChI is InChI=1S/C10H13ClFN3O/c11-8-3-7(4-9(12)5-8)6-14-1-2-15-10(13)16/h3-5,14H,1-2,6H2,(H3,13,15,16). The van der Waals surface area contributed by atoms with Crippen LogP contribution < -0.4 is 16.4 Å². The Balaban J connectivity index is 2.29. The van der Waals surface area contributed by atoms with E-state index in [0.29, 0.717) is 24.7 Å². The molecule has 1 aromatic rings. The van der Waals surface area contributed by atoms with Gasteiger partial charge in [0.1, 0.15) is 5.82 Å². The molecule has 0 saturated heterocycles. The molecule has 2 amide bonds. The van der Waals surface area contributed by atoms with Crippen molar-refractivity contribution in [3.05, 3.63) is 34.6 Å². The maximum absolute atomic E-state index is 12.9. The zero-order chi connectivity index (χ0) is 12.0. The molecule has 0 aliphatic heterocycles. The van der Waals surface area contributed by atoms with Gasteiger partial charge in [-0.1, -0.05) is 11.6 Å². The molecule has 0 saturated carbocycles. The summed E-state index contributed by atoms with van der Waals surface area (Å²) in [6.07, 6.45) is 0. The van der Waals surface area contributed by atoms with Gasteiger partial charge < -0.3 is 16.4 Å². The van der Waals surface area contributed by atoms with E-state index in [9.17, 15) is 9.18 Å². The monoisotopic (exact) mass is 245 g/mol. The molecule has 16 heavy (non-hydrogen) atoms. The van der Waals surface area contributed by atoms with Gasteiger partial charge in [-0.05, 0) is 23.8 Å². The molecule has 0 spiro atoms. The summed E-state index contributed by atoms with van der Waals surface area (Å²) in [6, 6.07) is 3.77. The van der Waals surface area contributed by atoms with Crippen LogP contribution in [-0.4, -0.2) is 19.1 Å². The Morgan fingerprint density at radius 2 is 2.12 bits per heavy atom. The number of urea groups is 1. The van der Waals surface area contributed by atoms with Crippen LogP contribution in [-0.2, 0) is 6.54 Å². The van der Waals surface area contributed by atoms with Crippen LogP contribution in [0.1, 0.15) is 5.56 Å². The van der Waals surface area contributed by atoms with E-state index in [-0.39, 0.29) is 5.82 Å². The van der Waals surface area contributed by atoms with Crippen molar-refractivity contribution in [2.45, 2.75) is 6.54 Å². The number of nitrogens with two attached hydrogens (primary N) is 1. The third-order valence-corrected chi connectivity index (χ3v) is 2.07. The molecular weight excluding hydrogens is 233 g/mol. The maximum atomic E-state index is 12.9. The first kappa shape index (κ1) is 12.7. The van der Waals surface area contributed by atoms with Gasteiger partial charge in [0.2, 0.25) is 0 Å². The van der Waals surface area contributed by atoms with E-state index in [4.69, 9.17) is 17.3 Å². The summed E-state index contributed by atoms with van der Waals surface area (Å²) in [5.74, 6) is -0.362. The minimum absolute atomic E-state index is 0.362. The predicted molar refractivity (Wildman–Crippen MR) is 60.7 cm³/mol. The fourth-order valence-electron chi connectivity index (χ4n) is 1.22. The molecule has 4 nitrogen and oxygen atoms in total. The predicted octanol–water partition coefficient (Wildman–Crippen LogP) is 1.24. The molecule has 0 bridgehead atoms. The lowest BCUT2D eigenvalue weighted by atomic mass is 10.2. The number of carbonyl (C=O) groups excluding carboxylic acids is 1. The second kappa shape index (κ2) is 6.30. The number of primary amides is 1. The van der Waals surface area contributed by atoms with Crippen LogP contribution in [0.2, 0.25) is 5.02 Å². The Morgan fingerprint density at radius 1 is 1.38 bits per heavy atom. The third-order valence-electron chi connectivity index (χ3n) is 1.85. The molecule has 0 aromatic heterocycles. The minimum atomic E-state index is -0.560. The summed E-state index contributed by atoms with van der Waals surface area (Å²) in [4.78, 5) is 10.3. The molecule has 88 valence electrons. The molecule has 0 radical (unpaired) electrons. The fraction of sp³-hybridized carbons (Fsp3) is 0.300. The summed E-state index contributed by atoms with van der Waals surface area (Å²) in [7, 11) is 0. The lowest BCUT2D eigenvalue weighted by Gasteiger charge is -2.05. The molecule has 1 rings (SSSR count). The van der Waals surface area contributed by atoms with Crippen LogP contribution in [0.25, 0.3) is 0 Å². The molecule has 0 fully saturated rings. The smallest absolute Gasteiger partial charge is 0.312 e. The van der Waals surface area contributed by atoms with Gasteiger partial charge in [0, 0.05) is 24.7 Å². The van der Waals surface area contributed by atoms with Crippen molar-refractivity contribution in [2.75, 3.05) is 13.1 Å². The van der Waals surface area contributed by atoms with Crippen molar-refractivity contribution >= 4 is 17.6 Å². The summed E-state index contributed by atoms with van der Waals surface area (Å²) in [5, 5.41) is 5.81. The Labute approximate surface area is 98.0 Å². The van der Waals surface area contributed by atoms with Gasteiger partial charge in [0.15, 0.2) is 0 Å². The molecule has 0 heterocycles. The maximum Gasteiger partial charge on any atom is 0.312 e. The van der Waals surface area contributed by atoms with E-state index in [1.54, 1.807) is 6.07 Å². The van der Waals surface area contributed by atoms with Gasteiger partial charge in [-0.3, -0.25) is 0 Å². The average Bonchev–Trinajstić information content (AvgIpc) is 2.15. The fourth-order valence-corrected chi connectivity index (χ4v) is 1.46. The van der Waals surface area contributed by atoms with E-state index in [1.165, 1.54) is 12.1 Å². The lowest BCUT2D eigenvalue weighted by molar-refractivity contribution is 0.249. The number of hydrogen-bond acceptors (Lipinski definition) is 2. The normalized spacial score (nSPS) is 10.1. The highest BCUT2D eigenvalue weighted by atomic mass is 35.5. The number of nitrogens with one attached hydrogen (secondary N) is 2. The van der Waals surface area contributed by atoms with Crippen LogP contribution in [0.4, 0.5) is 9.18 Å². The SMILES string of the molecule is NC(=O)NCCNCc1cc(F)cc(Cl)c1. The second-order valence-corrected chi connectivity index (χ2v) is 3.68. The summed E-state index contributed by atoms with van der Waals surface area (Å²) >= 11 is 5.69. The van der Waals surface area contributed by atoms with Crippen molar-refractivity contribution in [1.82, 2.24) is 10.6 Å². The number of amides is 2. The van der Waals surface area contributed by atoms with Crippen LogP contribution in [0.3, 0.4) is 0 Å². The van der Waals surface area contributed by atoms with Gasteiger partial charge in [0.25, 0.3) is 0 Å². The van der Waals surface area contributed by atoms with Crippen LogP contribution in [0.5, 0.6) is 0 Å². The van der Waals surface area contributed by atoms with E-state index in [2.05, 4.69) is 10.6 Å². The van der Waals surface area contributed by atoms with Crippen molar-refractivity contribution in [3.8, 4) is 0 Å². The quantitative estimate of drug-likeness (QED) is 0.684. The summed E-state index contributed by atoms with van der Waals surface area (Å²) in [5.41, 5.74) is 5.63. The summed E-state index contributed by atoms with van der Waals surface area (Å²) < 4.78 is 12.9. The highest BCUT2D eigenvalue weighted by molar-refractivity contribution is 6.30. The topological polar surface area (TPSA) is 67.2 Å². The molecular formula is C10H13ClFN3O. The number of rotatable bonds is 5. The molecule has 4 N–H and O–H groups in total. The second-order valence-electron chi connectivity index (χ2n) is 3.25. The third kappa shape index (κ3) is 4.95. The van der Waals surface area contributed by atoms with Crippen molar-refractivity contribution in [1.29, 1.82) is 0 Å². The highest BCUT2D eigenvalue weighted by Gasteiger charge is 1.99. The highest BCUT2D eigenvalue weighted by Crippen LogP contribution is 2.13. The first-order valence-electron chi connectivity index (χ1n) is 4.77. The van der Waals surface area contributed by atoms with E-state index in [0.717, 1.165) is 5.56 Å². The summed E-state index contributed by atoms with van der Waals surface area (Å²) in [6.45, 7) is 1.47. The lowest BCUT2D eigenvalue weighted by Crippen LogP contribution is -2.35. The van der Waals surface area contributed by atoms with E-state index in [1.807, 2.05) is 0 Å². The van der Waals surface area contributed by atoms with Gasteiger partial charge in [-0.2, -0.15) is 0 Å². The molecule has 6 heteroatoms. The Hall–Kier alpha value is -1.33. The van der Waals surface area contributed by atoms with Crippen molar-refractivity contribution in [3.63, 3.8) is 0 Å². The van der Waals surface area contributed by atoms with Gasteiger partial charge >= 0.3 is 6.03 Å². The van der Waals surface area contributed by atoms with Gasteiger partial charge in [0.05, 0.1) is 0 Å². The van der Waals surface area contributed by atoms with Crippen LogP contribution in [0.15, 0.2) is 18.2 Å². The molecule has 0 aliphatic rings.